The summed E-state index contributed by atoms with van der Waals surface area (Å²) < 4.78 is 3.58. The highest BCUT2D eigenvalue weighted by Crippen LogP contribution is 2.28. The molecule has 3 aromatic rings. The van der Waals surface area contributed by atoms with Gasteiger partial charge >= 0.3 is 0 Å². The maximum atomic E-state index is 12.4. The molecule has 1 saturated heterocycles. The first-order valence-corrected chi connectivity index (χ1v) is 8.54. The predicted molar refractivity (Wildman–Crippen MR) is 96.8 cm³/mol. The Labute approximate surface area is 146 Å². The van der Waals surface area contributed by atoms with Gasteiger partial charge in [-0.25, -0.2) is 9.67 Å². The molecule has 25 heavy (non-hydrogen) atoms. The highest BCUT2D eigenvalue weighted by molar-refractivity contribution is 5.45. The third-order valence-corrected chi connectivity index (χ3v) is 4.81. The van der Waals surface area contributed by atoms with Crippen LogP contribution in [0.2, 0.25) is 0 Å². The molecular formula is C19H21N5O. The number of anilines is 1. The van der Waals surface area contributed by atoms with E-state index in [-0.39, 0.29) is 5.56 Å². The van der Waals surface area contributed by atoms with Crippen LogP contribution in [-0.4, -0.2) is 32.4 Å². The van der Waals surface area contributed by atoms with Crippen molar-refractivity contribution in [1.29, 1.82) is 0 Å². The summed E-state index contributed by atoms with van der Waals surface area (Å²) in [6, 6.07) is 11.6. The van der Waals surface area contributed by atoms with E-state index >= 15 is 0 Å². The van der Waals surface area contributed by atoms with E-state index in [9.17, 15) is 4.79 Å². The highest BCUT2D eigenvalue weighted by Gasteiger charge is 2.27. The van der Waals surface area contributed by atoms with Crippen molar-refractivity contribution in [3.8, 4) is 0 Å². The summed E-state index contributed by atoms with van der Waals surface area (Å²) in [6.07, 6.45) is 6.65. The number of imidazole rings is 1. The SMILES string of the molecule is Cn1ccnc1C1CCN(c2cnn(Cc3ccccc3)c(=O)c2)C1. The zero-order valence-electron chi connectivity index (χ0n) is 14.2. The number of hydrogen-bond acceptors (Lipinski definition) is 4. The van der Waals surface area contributed by atoms with Crippen molar-refractivity contribution in [2.45, 2.75) is 18.9 Å². The summed E-state index contributed by atoms with van der Waals surface area (Å²) in [5.41, 5.74) is 1.90. The van der Waals surface area contributed by atoms with E-state index in [1.807, 2.05) is 49.8 Å². The topological polar surface area (TPSA) is 56.0 Å². The second kappa shape index (κ2) is 6.55. The fraction of sp³-hybridized carbons (Fsp3) is 0.316. The van der Waals surface area contributed by atoms with E-state index in [0.717, 1.165) is 36.6 Å². The lowest BCUT2D eigenvalue weighted by molar-refractivity contribution is 0.636. The first-order chi connectivity index (χ1) is 12.2. The van der Waals surface area contributed by atoms with Crippen molar-refractivity contribution >= 4 is 5.69 Å². The molecule has 1 aromatic carbocycles. The highest BCUT2D eigenvalue weighted by atomic mass is 16.1. The molecule has 1 aliphatic rings. The van der Waals surface area contributed by atoms with Crippen LogP contribution in [0.25, 0.3) is 0 Å². The van der Waals surface area contributed by atoms with Crippen LogP contribution in [0.4, 0.5) is 5.69 Å². The molecule has 1 unspecified atom stereocenters. The van der Waals surface area contributed by atoms with Gasteiger partial charge in [-0.15, -0.1) is 0 Å². The molecule has 0 aliphatic carbocycles. The zero-order valence-corrected chi connectivity index (χ0v) is 14.2. The number of benzene rings is 1. The second-order valence-corrected chi connectivity index (χ2v) is 6.52. The number of hydrogen-bond donors (Lipinski definition) is 0. The Morgan fingerprint density at radius 3 is 2.80 bits per heavy atom. The lowest BCUT2D eigenvalue weighted by Crippen LogP contribution is -2.27. The first kappa shape index (κ1) is 15.6. The normalized spacial score (nSPS) is 17.2. The number of nitrogens with zero attached hydrogens (tertiary/aromatic N) is 5. The Hall–Kier alpha value is -2.89. The maximum Gasteiger partial charge on any atom is 0.269 e. The molecule has 4 rings (SSSR count). The average molecular weight is 335 g/mol. The summed E-state index contributed by atoms with van der Waals surface area (Å²) >= 11 is 0. The van der Waals surface area contributed by atoms with E-state index in [2.05, 4.69) is 19.5 Å². The number of aryl methyl sites for hydroxylation is 1. The zero-order chi connectivity index (χ0) is 17.2. The molecule has 6 nitrogen and oxygen atoms in total. The van der Waals surface area contributed by atoms with Crippen LogP contribution in [-0.2, 0) is 13.6 Å². The van der Waals surface area contributed by atoms with E-state index < -0.39 is 0 Å². The summed E-state index contributed by atoms with van der Waals surface area (Å²) in [4.78, 5) is 19.1. The van der Waals surface area contributed by atoms with E-state index in [1.54, 1.807) is 12.3 Å². The van der Waals surface area contributed by atoms with Crippen molar-refractivity contribution in [2.75, 3.05) is 18.0 Å². The van der Waals surface area contributed by atoms with Crippen LogP contribution in [0.15, 0.2) is 59.8 Å². The minimum Gasteiger partial charge on any atom is -0.369 e. The van der Waals surface area contributed by atoms with Gasteiger partial charge in [0.05, 0.1) is 18.4 Å². The molecule has 1 fully saturated rings. The Kier molecular flexibility index (Phi) is 4.09. The van der Waals surface area contributed by atoms with Crippen molar-refractivity contribution in [1.82, 2.24) is 19.3 Å². The molecule has 2 aromatic heterocycles. The van der Waals surface area contributed by atoms with Crippen LogP contribution in [0.1, 0.15) is 23.7 Å². The molecule has 3 heterocycles. The van der Waals surface area contributed by atoms with Crippen LogP contribution < -0.4 is 10.5 Å². The maximum absolute atomic E-state index is 12.4. The van der Waals surface area contributed by atoms with Gasteiger partial charge in [0.25, 0.3) is 5.56 Å². The third-order valence-electron chi connectivity index (χ3n) is 4.81. The fourth-order valence-corrected chi connectivity index (χ4v) is 3.45. The Morgan fingerprint density at radius 2 is 2.08 bits per heavy atom. The molecule has 6 heteroatoms. The molecule has 0 bridgehead atoms. The molecule has 0 N–H and O–H groups in total. The van der Waals surface area contributed by atoms with Gasteiger partial charge in [-0.05, 0) is 12.0 Å². The monoisotopic (exact) mass is 335 g/mol. The average Bonchev–Trinajstić information content (AvgIpc) is 3.26. The smallest absolute Gasteiger partial charge is 0.269 e. The van der Waals surface area contributed by atoms with Crippen molar-refractivity contribution in [2.24, 2.45) is 7.05 Å². The molecular weight excluding hydrogens is 314 g/mol. The fourth-order valence-electron chi connectivity index (χ4n) is 3.45. The van der Waals surface area contributed by atoms with Crippen LogP contribution in [0, 0.1) is 0 Å². The quantitative estimate of drug-likeness (QED) is 0.732. The van der Waals surface area contributed by atoms with Gasteiger partial charge in [0, 0.05) is 44.5 Å². The van der Waals surface area contributed by atoms with E-state index in [4.69, 9.17) is 0 Å². The Bertz CT molecular complexity index is 915. The lowest BCUT2D eigenvalue weighted by Gasteiger charge is -2.18. The largest absolute Gasteiger partial charge is 0.369 e. The molecule has 1 aliphatic heterocycles. The molecule has 128 valence electrons. The van der Waals surface area contributed by atoms with Crippen LogP contribution in [0.3, 0.4) is 0 Å². The van der Waals surface area contributed by atoms with Gasteiger partial charge in [-0.3, -0.25) is 4.79 Å². The van der Waals surface area contributed by atoms with Gasteiger partial charge in [-0.2, -0.15) is 5.10 Å². The summed E-state index contributed by atoms with van der Waals surface area (Å²) in [6.45, 7) is 2.28. The van der Waals surface area contributed by atoms with Crippen molar-refractivity contribution in [3.05, 3.63) is 76.7 Å². The van der Waals surface area contributed by atoms with Gasteiger partial charge < -0.3 is 9.47 Å². The summed E-state index contributed by atoms with van der Waals surface area (Å²) in [7, 11) is 2.03. The molecule has 1 atom stereocenters. The minimum atomic E-state index is -0.0678. The van der Waals surface area contributed by atoms with Gasteiger partial charge in [0.2, 0.25) is 0 Å². The second-order valence-electron chi connectivity index (χ2n) is 6.52. The van der Waals surface area contributed by atoms with Gasteiger partial charge in [0.15, 0.2) is 0 Å². The van der Waals surface area contributed by atoms with Crippen molar-refractivity contribution in [3.63, 3.8) is 0 Å². The summed E-state index contributed by atoms with van der Waals surface area (Å²) in [5, 5.41) is 4.37. The first-order valence-electron chi connectivity index (χ1n) is 8.54. The van der Waals surface area contributed by atoms with Crippen LogP contribution in [0.5, 0.6) is 0 Å². The lowest BCUT2D eigenvalue weighted by atomic mass is 10.1. The van der Waals surface area contributed by atoms with Gasteiger partial charge in [0.1, 0.15) is 5.82 Å². The molecule has 0 saturated carbocycles. The van der Waals surface area contributed by atoms with E-state index in [1.165, 1.54) is 4.68 Å². The van der Waals surface area contributed by atoms with Crippen molar-refractivity contribution < 1.29 is 0 Å². The Balaban J connectivity index is 1.50. The van der Waals surface area contributed by atoms with Gasteiger partial charge in [-0.1, -0.05) is 30.3 Å². The standard InChI is InChI=1S/C19H21N5O/c1-22-10-8-20-19(22)16-7-9-23(14-16)17-11-18(25)24(21-12-17)13-15-5-3-2-4-6-15/h2-6,8,10-12,16H,7,9,13-14H2,1H3. The Morgan fingerprint density at radius 1 is 1.24 bits per heavy atom. The minimum absolute atomic E-state index is 0.0678. The molecule has 0 amide bonds. The van der Waals surface area contributed by atoms with Crippen LogP contribution >= 0.6 is 0 Å². The number of aromatic nitrogens is 4. The summed E-state index contributed by atoms with van der Waals surface area (Å²) in [5.74, 6) is 1.50. The molecule has 0 spiro atoms. The molecule has 0 radical (unpaired) electrons. The number of rotatable bonds is 4. The predicted octanol–water partition coefficient (Wildman–Crippen LogP) is 2.02. The third kappa shape index (κ3) is 3.20. The van der Waals surface area contributed by atoms with E-state index in [0.29, 0.717) is 12.5 Å².